The fourth-order valence-corrected chi connectivity index (χ4v) is 3.48. The van der Waals surface area contributed by atoms with Gasteiger partial charge in [-0.05, 0) is 31.6 Å². The second-order valence-corrected chi connectivity index (χ2v) is 6.31. The molecule has 0 saturated heterocycles. The Kier molecular flexibility index (Phi) is 6.10. The number of rotatable bonds is 5. The summed E-state index contributed by atoms with van der Waals surface area (Å²) in [6, 6.07) is 1.78. The molecule has 2 rings (SSSR count). The lowest BCUT2D eigenvalue weighted by Crippen LogP contribution is -2.20. The minimum atomic E-state index is -0.565. The fraction of sp³-hybridized carbons (Fsp3) is 0.333. The van der Waals surface area contributed by atoms with Crippen LogP contribution < -0.4 is 10.6 Å². The molecular weight excluding hydrogens is 364 g/mol. The maximum Gasteiger partial charge on any atom is 0.348 e. The first-order valence-electron chi connectivity index (χ1n) is 7.32. The minimum absolute atomic E-state index is 0.240. The van der Waals surface area contributed by atoms with E-state index in [1.807, 2.05) is 13.1 Å². The number of carbonyl (C=O) groups is 2. The summed E-state index contributed by atoms with van der Waals surface area (Å²) in [5.74, 6) is -0.522. The summed E-state index contributed by atoms with van der Waals surface area (Å²) in [5, 5.41) is 10.8. The lowest BCUT2D eigenvalue weighted by atomic mass is 10.1. The van der Waals surface area contributed by atoms with E-state index in [0.29, 0.717) is 21.3 Å². The number of thiocarbonyl (C=S) groups is 1. The highest BCUT2D eigenvalue weighted by Gasteiger charge is 2.26. The van der Waals surface area contributed by atoms with Gasteiger partial charge in [-0.3, -0.25) is 4.68 Å². The molecule has 0 unspecified atom stereocenters. The first-order valence-corrected chi connectivity index (χ1v) is 8.55. The molecule has 0 amide bonds. The maximum absolute atomic E-state index is 12.1. The lowest BCUT2D eigenvalue weighted by Gasteiger charge is -2.08. The molecule has 0 atom stereocenters. The number of nitrogens with zero attached hydrogens (tertiary/aromatic N) is 2. The van der Waals surface area contributed by atoms with Crippen molar-refractivity contribution in [3.63, 3.8) is 0 Å². The van der Waals surface area contributed by atoms with Crippen LogP contribution in [0.25, 0.3) is 0 Å². The second kappa shape index (κ2) is 8.08. The molecule has 0 saturated carbocycles. The molecule has 2 heterocycles. The number of anilines is 2. The Labute approximate surface area is 154 Å². The van der Waals surface area contributed by atoms with Gasteiger partial charge >= 0.3 is 11.9 Å². The van der Waals surface area contributed by atoms with Gasteiger partial charge in [0.25, 0.3) is 0 Å². The number of thiophene rings is 1. The monoisotopic (exact) mass is 382 g/mol. The van der Waals surface area contributed by atoms with Gasteiger partial charge in [-0.2, -0.15) is 5.10 Å². The molecule has 0 aromatic carbocycles. The van der Waals surface area contributed by atoms with Crippen molar-refractivity contribution in [1.29, 1.82) is 0 Å². The predicted octanol–water partition coefficient (Wildman–Crippen LogP) is 2.66. The minimum Gasteiger partial charge on any atom is -0.465 e. The van der Waals surface area contributed by atoms with Crippen molar-refractivity contribution in [2.75, 3.05) is 24.9 Å². The molecule has 0 bridgehead atoms. The van der Waals surface area contributed by atoms with E-state index in [1.165, 1.54) is 14.2 Å². The van der Waals surface area contributed by atoms with Crippen molar-refractivity contribution in [3.05, 3.63) is 28.3 Å². The van der Waals surface area contributed by atoms with Crippen LogP contribution in [0.2, 0.25) is 0 Å². The highest BCUT2D eigenvalue weighted by Crippen LogP contribution is 2.34. The third-order valence-electron chi connectivity index (χ3n) is 3.34. The van der Waals surface area contributed by atoms with Gasteiger partial charge in [0.2, 0.25) is 0 Å². The number of ether oxygens (including phenoxy) is 2. The Morgan fingerprint density at radius 2 is 1.96 bits per heavy atom. The molecule has 0 spiro atoms. The number of esters is 2. The zero-order valence-corrected chi connectivity index (χ0v) is 15.8. The quantitative estimate of drug-likeness (QED) is 0.602. The van der Waals surface area contributed by atoms with Crippen molar-refractivity contribution in [1.82, 2.24) is 9.78 Å². The van der Waals surface area contributed by atoms with Crippen LogP contribution in [0.15, 0.2) is 12.3 Å². The van der Waals surface area contributed by atoms with Gasteiger partial charge in [0.05, 0.1) is 19.8 Å². The predicted molar refractivity (Wildman–Crippen MR) is 99.5 cm³/mol. The lowest BCUT2D eigenvalue weighted by molar-refractivity contribution is 0.0601. The first kappa shape index (κ1) is 18.9. The zero-order valence-electron chi connectivity index (χ0n) is 14.2. The van der Waals surface area contributed by atoms with Gasteiger partial charge in [0.1, 0.15) is 9.88 Å². The number of aromatic nitrogens is 2. The van der Waals surface area contributed by atoms with E-state index in [1.54, 1.807) is 17.7 Å². The van der Waals surface area contributed by atoms with E-state index in [9.17, 15) is 9.59 Å². The topological polar surface area (TPSA) is 94.5 Å². The zero-order chi connectivity index (χ0) is 18.6. The fourth-order valence-electron chi connectivity index (χ4n) is 2.09. The van der Waals surface area contributed by atoms with E-state index in [0.717, 1.165) is 17.9 Å². The summed E-state index contributed by atoms with van der Waals surface area (Å²) in [4.78, 5) is 24.3. The number of hydrogen-bond donors (Lipinski definition) is 2. The van der Waals surface area contributed by atoms with Crippen LogP contribution in [0.1, 0.15) is 32.5 Å². The molecule has 10 heteroatoms. The largest absolute Gasteiger partial charge is 0.465 e. The SMILES string of the molecule is CCn1ccc(NC(=S)Nc2sc(C(=O)OC)c(C)c2C(=O)OC)n1. The number of nitrogens with one attached hydrogen (secondary N) is 2. The van der Waals surface area contributed by atoms with Crippen LogP contribution in [0.5, 0.6) is 0 Å². The summed E-state index contributed by atoms with van der Waals surface area (Å²) >= 11 is 6.33. The highest BCUT2D eigenvalue weighted by atomic mass is 32.1. The molecule has 0 aliphatic rings. The van der Waals surface area contributed by atoms with Gasteiger partial charge < -0.3 is 20.1 Å². The van der Waals surface area contributed by atoms with Gasteiger partial charge in [0, 0.05) is 18.8 Å². The van der Waals surface area contributed by atoms with E-state index in [-0.39, 0.29) is 10.7 Å². The molecule has 2 aromatic rings. The summed E-state index contributed by atoms with van der Waals surface area (Å²) < 4.78 is 11.3. The van der Waals surface area contributed by atoms with Crippen LogP contribution in [0, 0.1) is 6.92 Å². The van der Waals surface area contributed by atoms with Crippen molar-refractivity contribution in [3.8, 4) is 0 Å². The molecule has 134 valence electrons. The number of carbonyl (C=O) groups excluding carboxylic acids is 2. The summed E-state index contributed by atoms with van der Waals surface area (Å²) in [6.45, 7) is 4.36. The van der Waals surface area contributed by atoms with Crippen molar-refractivity contribution >= 4 is 51.4 Å². The molecule has 8 nitrogen and oxygen atoms in total. The molecule has 2 aromatic heterocycles. The van der Waals surface area contributed by atoms with Gasteiger partial charge in [-0.15, -0.1) is 11.3 Å². The first-order chi connectivity index (χ1) is 11.9. The summed E-state index contributed by atoms with van der Waals surface area (Å²) in [7, 11) is 2.55. The van der Waals surface area contributed by atoms with Gasteiger partial charge in [-0.25, -0.2) is 9.59 Å². The van der Waals surface area contributed by atoms with E-state index < -0.39 is 11.9 Å². The number of methoxy groups -OCH3 is 2. The maximum atomic E-state index is 12.1. The van der Waals surface area contributed by atoms with E-state index >= 15 is 0 Å². The summed E-state index contributed by atoms with van der Waals surface area (Å²) in [5.41, 5.74) is 0.723. The number of hydrogen-bond acceptors (Lipinski definition) is 7. The number of aryl methyl sites for hydroxylation is 1. The Hall–Kier alpha value is -2.46. The van der Waals surface area contributed by atoms with Crippen molar-refractivity contribution < 1.29 is 19.1 Å². The van der Waals surface area contributed by atoms with Gasteiger partial charge in [0.15, 0.2) is 10.9 Å². The Bertz CT molecular complexity index is 813. The van der Waals surface area contributed by atoms with E-state index in [4.69, 9.17) is 21.7 Å². The Morgan fingerprint density at radius 3 is 2.52 bits per heavy atom. The van der Waals surface area contributed by atoms with Crippen molar-refractivity contribution in [2.24, 2.45) is 0 Å². The third kappa shape index (κ3) is 4.15. The molecule has 0 radical (unpaired) electrons. The Morgan fingerprint density at radius 1 is 1.28 bits per heavy atom. The van der Waals surface area contributed by atoms with E-state index in [2.05, 4.69) is 15.7 Å². The Balaban J connectivity index is 2.26. The van der Waals surface area contributed by atoms with Crippen LogP contribution in [0.4, 0.5) is 10.8 Å². The highest BCUT2D eigenvalue weighted by molar-refractivity contribution is 7.80. The average Bonchev–Trinajstić information content (AvgIpc) is 3.17. The standard InChI is InChI=1S/C15H18N4O4S2/c1-5-19-7-6-9(18-19)16-15(24)17-12-10(13(20)22-3)8(2)11(25-12)14(21)23-4/h6-7H,5H2,1-4H3,(H2,16,17,18,24). The molecule has 0 fully saturated rings. The molecule has 2 N–H and O–H groups in total. The average molecular weight is 382 g/mol. The molecule has 0 aliphatic heterocycles. The normalized spacial score (nSPS) is 10.2. The van der Waals surface area contributed by atoms with Crippen LogP contribution >= 0.6 is 23.6 Å². The third-order valence-corrected chi connectivity index (χ3v) is 4.73. The van der Waals surface area contributed by atoms with Gasteiger partial charge in [-0.1, -0.05) is 0 Å². The molecule has 0 aliphatic carbocycles. The smallest absolute Gasteiger partial charge is 0.348 e. The summed E-state index contributed by atoms with van der Waals surface area (Å²) in [6.07, 6.45) is 1.81. The van der Waals surface area contributed by atoms with Crippen molar-refractivity contribution in [2.45, 2.75) is 20.4 Å². The second-order valence-electron chi connectivity index (χ2n) is 4.88. The molecular formula is C15H18N4O4S2. The van der Waals surface area contributed by atoms with Crippen LogP contribution in [-0.4, -0.2) is 41.1 Å². The molecule has 25 heavy (non-hydrogen) atoms. The van der Waals surface area contributed by atoms with Crippen LogP contribution in [0.3, 0.4) is 0 Å². The van der Waals surface area contributed by atoms with Crippen LogP contribution in [-0.2, 0) is 16.0 Å².